The Morgan fingerprint density at radius 1 is 1.11 bits per heavy atom. The van der Waals surface area contributed by atoms with E-state index < -0.39 is 0 Å². The van der Waals surface area contributed by atoms with Crippen LogP contribution in [0.4, 0.5) is 0 Å². The van der Waals surface area contributed by atoms with Crippen LogP contribution < -0.4 is 0 Å². The first-order chi connectivity index (χ1) is 9.21. The van der Waals surface area contributed by atoms with E-state index >= 15 is 0 Å². The van der Waals surface area contributed by atoms with Crippen LogP contribution in [-0.4, -0.2) is 10.9 Å². The molecule has 2 aliphatic rings. The van der Waals surface area contributed by atoms with Gasteiger partial charge in [-0.3, -0.25) is 0 Å². The van der Waals surface area contributed by atoms with Gasteiger partial charge in [-0.25, -0.2) is 0 Å². The van der Waals surface area contributed by atoms with Gasteiger partial charge in [-0.1, -0.05) is 63.3 Å². The Labute approximate surface area is 132 Å². The molecule has 0 saturated heterocycles. The highest BCUT2D eigenvalue weighted by atomic mass is 79.9. The zero-order valence-electron chi connectivity index (χ0n) is 11.1. The molecular weight excluding hydrogens is 368 g/mol. The van der Waals surface area contributed by atoms with E-state index in [0.29, 0.717) is 16.3 Å². The van der Waals surface area contributed by atoms with Gasteiger partial charge < -0.3 is 4.74 Å². The standard InChI is InChI=1S/C16H20Br2O/c17-13-6-4-12(5-7-13)11-19-15-10-14(18)16(15)8-2-1-3-9-16/h4-7,14-15H,1-3,8-11H2. The van der Waals surface area contributed by atoms with Crippen LogP contribution in [0.2, 0.25) is 0 Å². The number of rotatable bonds is 3. The average Bonchev–Trinajstić information content (AvgIpc) is 2.46. The molecule has 1 nitrogen and oxygen atoms in total. The molecule has 19 heavy (non-hydrogen) atoms. The van der Waals surface area contributed by atoms with Crippen LogP contribution in [0.1, 0.15) is 44.1 Å². The molecule has 0 aliphatic heterocycles. The molecule has 1 aromatic rings. The molecule has 104 valence electrons. The molecule has 0 aromatic heterocycles. The first-order valence-electron chi connectivity index (χ1n) is 7.21. The monoisotopic (exact) mass is 386 g/mol. The summed E-state index contributed by atoms with van der Waals surface area (Å²) in [5.41, 5.74) is 1.71. The predicted octanol–water partition coefficient (Wildman–Crippen LogP) is 5.45. The van der Waals surface area contributed by atoms with E-state index in [0.717, 1.165) is 11.1 Å². The second-order valence-electron chi connectivity index (χ2n) is 5.92. The Morgan fingerprint density at radius 3 is 2.42 bits per heavy atom. The van der Waals surface area contributed by atoms with Crippen LogP contribution in [0.3, 0.4) is 0 Å². The Hall–Kier alpha value is 0.140. The number of halogens is 2. The second kappa shape index (κ2) is 5.87. The van der Waals surface area contributed by atoms with Gasteiger partial charge in [-0.2, -0.15) is 0 Å². The van der Waals surface area contributed by atoms with Gasteiger partial charge in [0.25, 0.3) is 0 Å². The maximum atomic E-state index is 6.22. The van der Waals surface area contributed by atoms with E-state index in [1.165, 1.54) is 44.1 Å². The van der Waals surface area contributed by atoms with Gasteiger partial charge in [0.2, 0.25) is 0 Å². The summed E-state index contributed by atoms with van der Waals surface area (Å²) in [7, 11) is 0. The van der Waals surface area contributed by atoms with Crippen molar-refractivity contribution in [3.8, 4) is 0 Å². The molecule has 2 saturated carbocycles. The fourth-order valence-corrected chi connectivity index (χ4v) is 4.91. The number of hydrogen-bond donors (Lipinski definition) is 0. The lowest BCUT2D eigenvalue weighted by Crippen LogP contribution is -2.56. The van der Waals surface area contributed by atoms with Crippen molar-refractivity contribution in [2.45, 2.75) is 56.1 Å². The van der Waals surface area contributed by atoms with Gasteiger partial charge >= 0.3 is 0 Å². The molecule has 2 unspecified atom stereocenters. The molecule has 0 N–H and O–H groups in total. The van der Waals surface area contributed by atoms with E-state index in [4.69, 9.17) is 4.74 Å². The van der Waals surface area contributed by atoms with Gasteiger partial charge in [-0.05, 0) is 37.0 Å². The van der Waals surface area contributed by atoms with Crippen LogP contribution in [-0.2, 0) is 11.3 Å². The minimum absolute atomic E-state index is 0.438. The van der Waals surface area contributed by atoms with Crippen molar-refractivity contribution >= 4 is 31.9 Å². The molecule has 2 aliphatic carbocycles. The highest BCUT2D eigenvalue weighted by molar-refractivity contribution is 9.10. The van der Waals surface area contributed by atoms with Crippen molar-refractivity contribution in [1.29, 1.82) is 0 Å². The van der Waals surface area contributed by atoms with Gasteiger partial charge in [0.05, 0.1) is 12.7 Å². The summed E-state index contributed by atoms with van der Waals surface area (Å²) >= 11 is 7.34. The molecule has 3 heteroatoms. The highest BCUT2D eigenvalue weighted by Gasteiger charge is 2.54. The summed E-state index contributed by atoms with van der Waals surface area (Å²) in [6.45, 7) is 0.749. The first kappa shape index (κ1) is 14.1. The second-order valence-corrected chi connectivity index (χ2v) is 7.94. The third kappa shape index (κ3) is 2.79. The summed E-state index contributed by atoms with van der Waals surface area (Å²) in [6.07, 6.45) is 8.47. The molecule has 1 spiro atoms. The Kier molecular flexibility index (Phi) is 4.35. The Balaban J connectivity index is 1.59. The van der Waals surface area contributed by atoms with Crippen molar-refractivity contribution in [3.63, 3.8) is 0 Å². The SMILES string of the molecule is Brc1ccc(COC2CC(Br)C23CCCCC3)cc1. The van der Waals surface area contributed by atoms with E-state index in [9.17, 15) is 0 Å². The maximum absolute atomic E-state index is 6.22. The highest BCUT2D eigenvalue weighted by Crippen LogP contribution is 2.56. The zero-order valence-corrected chi connectivity index (χ0v) is 14.3. The average molecular weight is 388 g/mol. The fourth-order valence-electron chi connectivity index (χ4n) is 3.56. The third-order valence-electron chi connectivity index (χ3n) is 4.83. The Bertz CT molecular complexity index is 423. The van der Waals surface area contributed by atoms with Crippen molar-refractivity contribution in [2.75, 3.05) is 0 Å². The fraction of sp³-hybridized carbons (Fsp3) is 0.625. The van der Waals surface area contributed by atoms with Gasteiger partial charge in [0.1, 0.15) is 0 Å². The molecule has 0 heterocycles. The quantitative estimate of drug-likeness (QED) is 0.626. The van der Waals surface area contributed by atoms with Crippen molar-refractivity contribution in [3.05, 3.63) is 34.3 Å². The summed E-state index contributed by atoms with van der Waals surface area (Å²) in [6, 6.07) is 8.45. The zero-order chi connectivity index (χ0) is 13.3. The van der Waals surface area contributed by atoms with Crippen molar-refractivity contribution < 1.29 is 4.74 Å². The normalized spacial score (nSPS) is 29.2. The van der Waals surface area contributed by atoms with E-state index in [2.05, 4.69) is 56.1 Å². The van der Waals surface area contributed by atoms with Crippen LogP contribution in [0, 0.1) is 5.41 Å². The first-order valence-corrected chi connectivity index (χ1v) is 8.92. The van der Waals surface area contributed by atoms with Crippen LogP contribution in [0.5, 0.6) is 0 Å². The largest absolute Gasteiger partial charge is 0.373 e. The molecule has 1 aromatic carbocycles. The smallest absolute Gasteiger partial charge is 0.0720 e. The van der Waals surface area contributed by atoms with E-state index in [1.54, 1.807) is 0 Å². The molecule has 0 radical (unpaired) electrons. The van der Waals surface area contributed by atoms with Gasteiger partial charge in [0, 0.05) is 14.7 Å². The summed E-state index contributed by atoms with van der Waals surface area (Å²) in [5, 5.41) is 0. The van der Waals surface area contributed by atoms with Crippen LogP contribution >= 0.6 is 31.9 Å². The van der Waals surface area contributed by atoms with E-state index in [1.807, 2.05) is 0 Å². The predicted molar refractivity (Wildman–Crippen MR) is 85.6 cm³/mol. The van der Waals surface area contributed by atoms with Crippen molar-refractivity contribution in [2.24, 2.45) is 5.41 Å². The summed E-state index contributed by atoms with van der Waals surface area (Å²) < 4.78 is 7.35. The minimum atomic E-state index is 0.438. The van der Waals surface area contributed by atoms with Crippen LogP contribution in [0.25, 0.3) is 0 Å². The molecule has 3 rings (SSSR count). The molecule has 0 amide bonds. The molecular formula is C16H20Br2O. The number of alkyl halides is 1. The van der Waals surface area contributed by atoms with Crippen LogP contribution in [0.15, 0.2) is 28.7 Å². The minimum Gasteiger partial charge on any atom is -0.373 e. The molecule has 0 bridgehead atoms. The summed E-state index contributed by atoms with van der Waals surface area (Å²) in [4.78, 5) is 0.676. The van der Waals surface area contributed by atoms with Gasteiger partial charge in [-0.15, -0.1) is 0 Å². The lowest BCUT2D eigenvalue weighted by atomic mass is 9.58. The lowest BCUT2D eigenvalue weighted by molar-refractivity contribution is -0.127. The number of hydrogen-bond acceptors (Lipinski definition) is 1. The summed E-state index contributed by atoms with van der Waals surface area (Å²) in [5.74, 6) is 0. The molecule has 2 atom stereocenters. The molecule has 2 fully saturated rings. The van der Waals surface area contributed by atoms with Crippen molar-refractivity contribution in [1.82, 2.24) is 0 Å². The van der Waals surface area contributed by atoms with E-state index in [-0.39, 0.29) is 0 Å². The Morgan fingerprint density at radius 2 is 1.79 bits per heavy atom. The topological polar surface area (TPSA) is 9.23 Å². The van der Waals surface area contributed by atoms with Gasteiger partial charge in [0.15, 0.2) is 0 Å². The third-order valence-corrected chi connectivity index (χ3v) is 6.65. The lowest BCUT2D eigenvalue weighted by Gasteiger charge is -2.55. The maximum Gasteiger partial charge on any atom is 0.0720 e. The number of benzene rings is 1. The number of ether oxygens (including phenoxy) is 1.